The minimum absolute atomic E-state index is 0.163. The highest BCUT2D eigenvalue weighted by Gasteiger charge is 2.53. The summed E-state index contributed by atoms with van der Waals surface area (Å²) in [5.74, 6) is 1.07. The lowest BCUT2D eigenvalue weighted by atomic mass is 10.2. The number of likely N-dealkylation sites (tertiary alicyclic amines) is 1. The Morgan fingerprint density at radius 2 is 2.04 bits per heavy atom. The van der Waals surface area contributed by atoms with Gasteiger partial charge in [0, 0.05) is 18.2 Å². The summed E-state index contributed by atoms with van der Waals surface area (Å²) in [7, 11) is 0. The lowest BCUT2D eigenvalue weighted by Gasteiger charge is -2.32. The molecule has 2 amide bonds. The number of nitrogens with one attached hydrogen (secondary N) is 1. The normalized spacial score (nSPS) is 26.2. The quantitative estimate of drug-likeness (QED) is 0.623. The van der Waals surface area contributed by atoms with Gasteiger partial charge < -0.3 is 15.8 Å². The first-order chi connectivity index (χ1) is 12.0. The number of rotatable bonds is 2. The van der Waals surface area contributed by atoms with E-state index >= 15 is 0 Å². The van der Waals surface area contributed by atoms with Crippen LogP contribution in [0.4, 0.5) is 10.6 Å². The maximum atomic E-state index is 12.5. The van der Waals surface area contributed by atoms with Crippen LogP contribution in [-0.2, 0) is 0 Å². The van der Waals surface area contributed by atoms with Crippen molar-refractivity contribution in [2.24, 2.45) is 5.73 Å². The Balaban J connectivity index is 2.00. The fraction of sp³-hybridized carbons (Fsp3) is 0.278. The van der Waals surface area contributed by atoms with E-state index in [1.165, 1.54) is 0 Å². The summed E-state index contributed by atoms with van der Waals surface area (Å²) in [6.45, 7) is 2.14. The van der Waals surface area contributed by atoms with Crippen LogP contribution in [0.3, 0.4) is 0 Å². The summed E-state index contributed by atoms with van der Waals surface area (Å²) in [6, 6.07) is 10.8. The minimum Gasteiger partial charge on any atom is -0.387 e. The zero-order valence-corrected chi connectivity index (χ0v) is 13.9. The second-order valence-electron chi connectivity index (χ2n) is 6.60. The number of aliphatic hydroxyl groups excluding tert-OH is 1. The first-order valence-electron chi connectivity index (χ1n) is 8.29. The Labute approximate surface area is 144 Å². The topological polar surface area (TPSA) is 105 Å². The predicted molar refractivity (Wildman–Crippen MR) is 95.7 cm³/mol. The van der Waals surface area contributed by atoms with Gasteiger partial charge in [0.15, 0.2) is 5.82 Å². The number of hydrogen-bond donors (Lipinski definition) is 3. The number of fused-ring (bicyclic) bond motifs is 1. The SMILES string of the molecule is CC1C[C@H](O)C[N+]1(C(N)=O)c1nc(-c2ccccc2)nc2[nH]ccc12. The van der Waals surface area contributed by atoms with Crippen LogP contribution in [-0.4, -0.2) is 44.8 Å². The van der Waals surface area contributed by atoms with Gasteiger partial charge in [0.05, 0.1) is 0 Å². The fourth-order valence-electron chi connectivity index (χ4n) is 3.81. The molecule has 128 valence electrons. The number of aromatic amines is 1. The molecule has 2 unspecified atom stereocenters. The van der Waals surface area contributed by atoms with E-state index in [1.54, 1.807) is 6.20 Å². The van der Waals surface area contributed by atoms with Gasteiger partial charge in [-0.05, 0) is 13.0 Å². The van der Waals surface area contributed by atoms with Crippen molar-refractivity contribution in [3.8, 4) is 11.4 Å². The van der Waals surface area contributed by atoms with E-state index in [0.717, 1.165) is 10.9 Å². The molecule has 0 aliphatic carbocycles. The summed E-state index contributed by atoms with van der Waals surface area (Å²) < 4.78 is -0.169. The van der Waals surface area contributed by atoms with Crippen LogP contribution in [0.15, 0.2) is 42.6 Å². The van der Waals surface area contributed by atoms with Crippen molar-refractivity contribution in [2.75, 3.05) is 6.54 Å². The lowest BCUT2D eigenvalue weighted by molar-refractivity contribution is 0.174. The van der Waals surface area contributed by atoms with E-state index in [0.29, 0.717) is 23.7 Å². The molecule has 1 fully saturated rings. The van der Waals surface area contributed by atoms with Crippen molar-refractivity contribution in [1.82, 2.24) is 19.4 Å². The molecule has 1 aliphatic heterocycles. The molecule has 0 spiro atoms. The first kappa shape index (κ1) is 15.7. The molecule has 3 atom stereocenters. The average molecular weight is 338 g/mol. The molecule has 7 heteroatoms. The van der Waals surface area contributed by atoms with Gasteiger partial charge in [0.2, 0.25) is 5.82 Å². The highest BCUT2D eigenvalue weighted by atomic mass is 16.3. The standard InChI is InChI=1S/C18H19N5O2/c1-11-9-13(24)10-23(11,18(19)25)17-14-7-8-20-16(14)21-15(22-17)12-5-3-2-4-6-12/h2-8,11,13,24H,9-10H2,1H3,(H2-,19,20,21,22,25)/p+1/t11?,13-,23?/m0/s1. The second kappa shape index (κ2) is 5.65. The van der Waals surface area contributed by atoms with Crippen molar-refractivity contribution in [1.29, 1.82) is 0 Å². The molecular weight excluding hydrogens is 318 g/mol. The largest absolute Gasteiger partial charge is 0.420 e. The van der Waals surface area contributed by atoms with Gasteiger partial charge >= 0.3 is 6.03 Å². The predicted octanol–water partition coefficient (Wildman–Crippen LogP) is 2.16. The monoisotopic (exact) mass is 338 g/mol. The smallest absolute Gasteiger partial charge is 0.387 e. The number of carbonyl (C=O) groups is 1. The zero-order valence-electron chi connectivity index (χ0n) is 13.9. The molecular formula is C18H20N5O2+. The Bertz CT molecular complexity index is 939. The number of nitrogens with zero attached hydrogens (tertiary/aromatic N) is 3. The number of aromatic nitrogens is 3. The van der Waals surface area contributed by atoms with E-state index in [9.17, 15) is 9.90 Å². The number of aliphatic hydroxyl groups is 1. The zero-order chi connectivity index (χ0) is 17.6. The number of nitrogens with two attached hydrogens (primary N) is 1. The number of carbonyl (C=O) groups excluding carboxylic acids is 1. The van der Waals surface area contributed by atoms with Crippen LogP contribution in [0.2, 0.25) is 0 Å². The molecule has 2 aromatic heterocycles. The third-order valence-corrected chi connectivity index (χ3v) is 5.06. The second-order valence-corrected chi connectivity index (χ2v) is 6.60. The molecule has 3 aromatic rings. The number of benzene rings is 1. The van der Waals surface area contributed by atoms with Crippen molar-refractivity contribution in [2.45, 2.75) is 25.5 Å². The number of H-pyrrole nitrogens is 1. The third-order valence-electron chi connectivity index (χ3n) is 5.06. The van der Waals surface area contributed by atoms with Gasteiger partial charge in [0.1, 0.15) is 29.7 Å². The molecule has 0 saturated carbocycles. The first-order valence-corrected chi connectivity index (χ1v) is 8.29. The van der Waals surface area contributed by atoms with Crippen LogP contribution in [0, 0.1) is 0 Å². The Kier molecular flexibility index (Phi) is 3.55. The van der Waals surface area contributed by atoms with E-state index in [2.05, 4.69) is 9.97 Å². The summed E-state index contributed by atoms with van der Waals surface area (Å²) in [4.78, 5) is 24.9. The van der Waals surface area contributed by atoms with Crippen LogP contribution < -0.4 is 10.2 Å². The number of quaternary nitrogens is 1. The average Bonchev–Trinajstić information content (AvgIpc) is 3.19. The third kappa shape index (κ3) is 2.32. The molecule has 25 heavy (non-hydrogen) atoms. The highest BCUT2D eigenvalue weighted by molar-refractivity contribution is 5.97. The molecule has 4 N–H and O–H groups in total. The molecule has 4 rings (SSSR count). The van der Waals surface area contributed by atoms with Crippen LogP contribution in [0.5, 0.6) is 0 Å². The lowest BCUT2D eigenvalue weighted by Crippen LogP contribution is -2.60. The fourth-order valence-corrected chi connectivity index (χ4v) is 3.81. The molecule has 3 heterocycles. The van der Waals surface area contributed by atoms with Crippen molar-refractivity contribution in [3.63, 3.8) is 0 Å². The van der Waals surface area contributed by atoms with Gasteiger partial charge in [0.25, 0.3) is 0 Å². The van der Waals surface area contributed by atoms with Gasteiger partial charge in [-0.2, -0.15) is 9.47 Å². The van der Waals surface area contributed by atoms with Crippen molar-refractivity contribution in [3.05, 3.63) is 42.6 Å². The number of urea groups is 1. The Hall–Kier alpha value is -2.77. The maximum absolute atomic E-state index is 12.5. The number of amides is 2. The van der Waals surface area contributed by atoms with E-state index in [-0.39, 0.29) is 17.1 Å². The van der Waals surface area contributed by atoms with Gasteiger partial charge in [-0.1, -0.05) is 30.3 Å². The minimum atomic E-state index is -0.591. The maximum Gasteiger partial charge on any atom is 0.420 e. The van der Waals surface area contributed by atoms with Gasteiger partial charge in [-0.15, -0.1) is 0 Å². The van der Waals surface area contributed by atoms with Crippen molar-refractivity contribution < 1.29 is 9.90 Å². The van der Waals surface area contributed by atoms with Gasteiger partial charge in [-0.3, -0.25) is 0 Å². The van der Waals surface area contributed by atoms with E-state index in [4.69, 9.17) is 10.7 Å². The molecule has 0 radical (unpaired) electrons. The molecule has 1 aliphatic rings. The van der Waals surface area contributed by atoms with Gasteiger partial charge in [-0.25, -0.2) is 9.78 Å². The molecule has 1 saturated heterocycles. The summed E-state index contributed by atoms with van der Waals surface area (Å²) in [5, 5.41) is 10.9. The van der Waals surface area contributed by atoms with Crippen LogP contribution in [0.25, 0.3) is 22.4 Å². The van der Waals surface area contributed by atoms with Crippen LogP contribution >= 0.6 is 0 Å². The Morgan fingerprint density at radius 1 is 1.28 bits per heavy atom. The molecule has 0 bridgehead atoms. The number of hydrogen-bond acceptors (Lipinski definition) is 4. The molecule has 7 nitrogen and oxygen atoms in total. The van der Waals surface area contributed by atoms with Crippen molar-refractivity contribution >= 4 is 22.9 Å². The van der Waals surface area contributed by atoms with Crippen LogP contribution in [0.1, 0.15) is 13.3 Å². The number of primary amides is 1. The summed E-state index contributed by atoms with van der Waals surface area (Å²) in [6.07, 6.45) is 1.68. The summed E-state index contributed by atoms with van der Waals surface area (Å²) >= 11 is 0. The van der Waals surface area contributed by atoms with E-state index < -0.39 is 12.1 Å². The summed E-state index contributed by atoms with van der Waals surface area (Å²) in [5.41, 5.74) is 7.32. The Morgan fingerprint density at radius 3 is 2.68 bits per heavy atom. The highest BCUT2D eigenvalue weighted by Crippen LogP contribution is 2.38. The molecule has 1 aromatic carbocycles. The van der Waals surface area contributed by atoms with E-state index in [1.807, 2.05) is 43.3 Å².